The van der Waals surface area contributed by atoms with Gasteiger partial charge in [0.05, 0.1) is 7.11 Å². The fourth-order valence-corrected chi connectivity index (χ4v) is 4.17. The van der Waals surface area contributed by atoms with E-state index in [4.69, 9.17) is 4.74 Å². The summed E-state index contributed by atoms with van der Waals surface area (Å²) in [4.78, 5) is 2.61. The van der Waals surface area contributed by atoms with Crippen molar-refractivity contribution in [1.29, 1.82) is 0 Å². The van der Waals surface area contributed by atoms with E-state index in [1.165, 1.54) is 31.2 Å². The average Bonchev–Trinajstić information content (AvgIpc) is 2.74. The van der Waals surface area contributed by atoms with Crippen LogP contribution in [0.5, 0.6) is 5.75 Å². The number of hydrogen-bond acceptors (Lipinski definition) is 3. The molecule has 3 rings (SSSR count). The van der Waals surface area contributed by atoms with Crippen LogP contribution in [0, 0.1) is 5.92 Å². The van der Waals surface area contributed by atoms with Crippen molar-refractivity contribution in [2.75, 3.05) is 20.7 Å². The zero-order valence-corrected chi connectivity index (χ0v) is 13.5. The summed E-state index contributed by atoms with van der Waals surface area (Å²) in [7, 11) is 4.06. The van der Waals surface area contributed by atoms with E-state index in [-0.39, 0.29) is 0 Å². The number of methoxy groups -OCH3 is 1. The highest BCUT2D eigenvalue weighted by molar-refractivity contribution is 5.35. The predicted octanol–water partition coefficient (Wildman–Crippen LogP) is 3.22. The molecule has 3 nitrogen and oxygen atoms in total. The first-order valence-corrected chi connectivity index (χ1v) is 8.27. The lowest BCUT2D eigenvalue weighted by molar-refractivity contribution is 0.131. The molecule has 2 bridgehead atoms. The molecule has 0 saturated carbocycles. The molecule has 0 spiro atoms. The summed E-state index contributed by atoms with van der Waals surface area (Å²) in [6.07, 6.45) is 5.52. The molecule has 0 aromatic heterocycles. The fraction of sp³-hybridized carbons (Fsp3) is 0.667. The van der Waals surface area contributed by atoms with Crippen molar-refractivity contribution in [3.63, 3.8) is 0 Å². The Labute approximate surface area is 128 Å². The van der Waals surface area contributed by atoms with Crippen LogP contribution in [0.4, 0.5) is 0 Å². The topological polar surface area (TPSA) is 24.5 Å². The Morgan fingerprint density at radius 3 is 2.57 bits per heavy atom. The van der Waals surface area contributed by atoms with E-state index in [1.54, 1.807) is 7.11 Å². The monoisotopic (exact) mass is 288 g/mol. The van der Waals surface area contributed by atoms with Crippen LogP contribution in [-0.4, -0.2) is 37.7 Å². The van der Waals surface area contributed by atoms with Crippen LogP contribution in [0.3, 0.4) is 0 Å². The molecule has 2 aliphatic heterocycles. The van der Waals surface area contributed by atoms with Gasteiger partial charge < -0.3 is 15.0 Å². The fourth-order valence-electron chi connectivity index (χ4n) is 4.17. The SMILES string of the molecule is COc1ccccc1C(C)NCC1CC2CCC(C1)N2C. The molecule has 1 aromatic rings. The Hall–Kier alpha value is -1.06. The summed E-state index contributed by atoms with van der Waals surface area (Å²) in [6.45, 7) is 3.36. The highest BCUT2D eigenvalue weighted by Gasteiger charge is 2.38. The first-order chi connectivity index (χ1) is 10.2. The normalized spacial score (nSPS) is 30.3. The molecule has 0 radical (unpaired) electrons. The number of ether oxygens (including phenoxy) is 1. The summed E-state index contributed by atoms with van der Waals surface area (Å²) >= 11 is 0. The third-order valence-electron chi connectivity index (χ3n) is 5.51. The number of piperidine rings is 1. The van der Waals surface area contributed by atoms with Crippen LogP contribution in [-0.2, 0) is 0 Å². The van der Waals surface area contributed by atoms with E-state index >= 15 is 0 Å². The summed E-state index contributed by atoms with van der Waals surface area (Å²) < 4.78 is 5.47. The van der Waals surface area contributed by atoms with Gasteiger partial charge in [0.25, 0.3) is 0 Å². The molecule has 2 fully saturated rings. The minimum atomic E-state index is 0.346. The Morgan fingerprint density at radius 2 is 1.90 bits per heavy atom. The van der Waals surface area contributed by atoms with Crippen molar-refractivity contribution < 1.29 is 4.74 Å². The Bertz CT molecular complexity index is 462. The Kier molecular flexibility index (Phi) is 4.51. The van der Waals surface area contributed by atoms with Crippen molar-refractivity contribution >= 4 is 0 Å². The van der Waals surface area contributed by atoms with Crippen LogP contribution >= 0.6 is 0 Å². The minimum absolute atomic E-state index is 0.346. The van der Waals surface area contributed by atoms with Gasteiger partial charge >= 0.3 is 0 Å². The maximum absolute atomic E-state index is 5.47. The second-order valence-electron chi connectivity index (χ2n) is 6.76. The molecular formula is C18H28N2O. The second kappa shape index (κ2) is 6.37. The number of hydrogen-bond donors (Lipinski definition) is 1. The number of nitrogens with zero attached hydrogens (tertiary/aromatic N) is 1. The van der Waals surface area contributed by atoms with Gasteiger partial charge in [0.2, 0.25) is 0 Å². The molecule has 0 aliphatic carbocycles. The van der Waals surface area contributed by atoms with Gasteiger partial charge in [-0.1, -0.05) is 18.2 Å². The van der Waals surface area contributed by atoms with Crippen molar-refractivity contribution in [3.05, 3.63) is 29.8 Å². The van der Waals surface area contributed by atoms with Gasteiger partial charge in [-0.15, -0.1) is 0 Å². The Balaban J connectivity index is 1.56. The summed E-state index contributed by atoms with van der Waals surface area (Å²) in [6, 6.07) is 10.3. The van der Waals surface area contributed by atoms with Crippen LogP contribution in [0.15, 0.2) is 24.3 Å². The molecule has 3 heteroatoms. The minimum Gasteiger partial charge on any atom is -0.496 e. The molecule has 2 aliphatic rings. The number of benzene rings is 1. The van der Waals surface area contributed by atoms with E-state index in [2.05, 4.69) is 36.3 Å². The molecule has 2 heterocycles. The van der Waals surface area contributed by atoms with Gasteiger partial charge in [-0.25, -0.2) is 0 Å². The predicted molar refractivity (Wildman–Crippen MR) is 86.7 cm³/mol. The van der Waals surface area contributed by atoms with Gasteiger partial charge in [0, 0.05) is 23.7 Å². The smallest absolute Gasteiger partial charge is 0.123 e. The molecule has 3 atom stereocenters. The van der Waals surface area contributed by atoms with Crippen molar-refractivity contribution in [1.82, 2.24) is 10.2 Å². The zero-order chi connectivity index (χ0) is 14.8. The second-order valence-corrected chi connectivity index (χ2v) is 6.76. The maximum Gasteiger partial charge on any atom is 0.123 e. The molecule has 116 valence electrons. The largest absolute Gasteiger partial charge is 0.496 e. The van der Waals surface area contributed by atoms with Crippen molar-refractivity contribution in [2.45, 2.75) is 50.7 Å². The number of para-hydroxylation sites is 1. The molecule has 21 heavy (non-hydrogen) atoms. The van der Waals surface area contributed by atoms with E-state index in [9.17, 15) is 0 Å². The standard InChI is InChI=1S/C18H28N2O/c1-13(17-6-4-5-7-18(17)21-3)19-12-14-10-15-8-9-16(11-14)20(15)2/h4-7,13-16,19H,8-12H2,1-3H3. The van der Waals surface area contributed by atoms with E-state index < -0.39 is 0 Å². The van der Waals surface area contributed by atoms with Crippen LogP contribution in [0.25, 0.3) is 0 Å². The third-order valence-corrected chi connectivity index (χ3v) is 5.51. The quantitative estimate of drug-likeness (QED) is 0.900. The summed E-state index contributed by atoms with van der Waals surface area (Å²) in [5.74, 6) is 1.82. The first-order valence-electron chi connectivity index (χ1n) is 8.27. The number of rotatable bonds is 5. The molecular weight excluding hydrogens is 260 g/mol. The molecule has 1 N–H and O–H groups in total. The molecule has 3 unspecified atom stereocenters. The van der Waals surface area contributed by atoms with Crippen LogP contribution in [0.1, 0.15) is 44.2 Å². The number of fused-ring (bicyclic) bond motifs is 2. The van der Waals surface area contributed by atoms with Crippen molar-refractivity contribution in [2.24, 2.45) is 5.92 Å². The first kappa shape index (κ1) is 14.9. The van der Waals surface area contributed by atoms with E-state index in [0.717, 1.165) is 30.3 Å². The third kappa shape index (κ3) is 3.09. The van der Waals surface area contributed by atoms with Crippen LogP contribution in [0.2, 0.25) is 0 Å². The van der Waals surface area contributed by atoms with Gasteiger partial charge in [-0.3, -0.25) is 0 Å². The lowest BCUT2D eigenvalue weighted by Crippen LogP contribution is -2.42. The van der Waals surface area contributed by atoms with E-state index in [1.807, 2.05) is 12.1 Å². The van der Waals surface area contributed by atoms with Crippen molar-refractivity contribution in [3.8, 4) is 5.75 Å². The van der Waals surface area contributed by atoms with Gasteiger partial charge in [-0.05, 0) is 58.2 Å². The van der Waals surface area contributed by atoms with E-state index in [0.29, 0.717) is 6.04 Å². The molecule has 0 amide bonds. The zero-order valence-electron chi connectivity index (χ0n) is 13.5. The summed E-state index contributed by atoms with van der Waals surface area (Å²) in [5, 5.41) is 3.73. The maximum atomic E-state index is 5.47. The highest BCUT2D eigenvalue weighted by Crippen LogP contribution is 2.37. The highest BCUT2D eigenvalue weighted by atomic mass is 16.5. The lowest BCUT2D eigenvalue weighted by Gasteiger charge is -2.37. The molecule has 2 saturated heterocycles. The number of nitrogens with one attached hydrogen (secondary N) is 1. The van der Waals surface area contributed by atoms with Gasteiger partial charge in [-0.2, -0.15) is 0 Å². The Morgan fingerprint density at radius 1 is 1.24 bits per heavy atom. The average molecular weight is 288 g/mol. The van der Waals surface area contributed by atoms with Crippen LogP contribution < -0.4 is 10.1 Å². The van der Waals surface area contributed by atoms with Gasteiger partial charge in [0.1, 0.15) is 5.75 Å². The van der Waals surface area contributed by atoms with Gasteiger partial charge in [0.15, 0.2) is 0 Å². The summed E-state index contributed by atoms with van der Waals surface area (Å²) in [5.41, 5.74) is 1.26. The lowest BCUT2D eigenvalue weighted by atomic mass is 9.90. The molecule has 1 aromatic carbocycles.